The zero-order valence-corrected chi connectivity index (χ0v) is 14.8. The van der Waals surface area contributed by atoms with Crippen LogP contribution in [0.25, 0.3) is 6.08 Å². The minimum Gasteiger partial charge on any atom is -0.493 e. The maximum atomic E-state index is 12.5. The van der Waals surface area contributed by atoms with Gasteiger partial charge in [-0.25, -0.2) is 4.79 Å². The fourth-order valence-corrected chi connectivity index (χ4v) is 2.50. The van der Waals surface area contributed by atoms with Crippen LogP contribution in [0.5, 0.6) is 11.5 Å². The molecule has 25 heavy (non-hydrogen) atoms. The Morgan fingerprint density at radius 1 is 1.28 bits per heavy atom. The van der Waals surface area contributed by atoms with E-state index in [4.69, 9.17) is 14.2 Å². The average Bonchev–Trinajstić information content (AvgIpc) is 2.83. The lowest BCUT2D eigenvalue weighted by molar-refractivity contribution is -0.136. The number of methoxy groups -OCH3 is 2. The number of hydrogen-bond acceptors (Lipinski definition) is 5. The number of hydrogen-bond donors (Lipinski definition) is 0. The lowest BCUT2D eigenvalue weighted by atomic mass is 10.0. The van der Waals surface area contributed by atoms with Crippen molar-refractivity contribution in [3.05, 3.63) is 53.3 Å². The Morgan fingerprint density at radius 3 is 2.60 bits per heavy atom. The molecule has 1 aliphatic rings. The van der Waals surface area contributed by atoms with Crippen LogP contribution in [0, 0.1) is 0 Å². The number of likely N-dealkylation sites (N-methyl/N-ethyl adjacent to an activating group) is 1. The number of esters is 1. The second-order valence-electron chi connectivity index (χ2n) is 5.38. The van der Waals surface area contributed by atoms with Gasteiger partial charge >= 0.3 is 5.97 Å². The van der Waals surface area contributed by atoms with Crippen molar-refractivity contribution in [2.24, 2.45) is 0 Å². The molecule has 2 rings (SSSR count). The molecule has 1 amide bonds. The van der Waals surface area contributed by atoms with Gasteiger partial charge in [0.1, 0.15) is 6.61 Å². The Morgan fingerprint density at radius 2 is 2.00 bits per heavy atom. The van der Waals surface area contributed by atoms with Crippen molar-refractivity contribution < 1.29 is 23.8 Å². The third-order valence-electron chi connectivity index (χ3n) is 3.91. The largest absolute Gasteiger partial charge is 0.493 e. The first kappa shape index (κ1) is 18.3. The van der Waals surface area contributed by atoms with Gasteiger partial charge in [0.2, 0.25) is 0 Å². The quantitative estimate of drug-likeness (QED) is 0.451. The van der Waals surface area contributed by atoms with Crippen LogP contribution in [-0.4, -0.2) is 44.7 Å². The summed E-state index contributed by atoms with van der Waals surface area (Å²) < 4.78 is 15.6. The molecule has 0 atom stereocenters. The second-order valence-corrected chi connectivity index (χ2v) is 5.38. The number of benzene rings is 1. The smallest absolute Gasteiger partial charge is 0.340 e. The van der Waals surface area contributed by atoms with E-state index in [1.165, 1.54) is 19.1 Å². The van der Waals surface area contributed by atoms with Gasteiger partial charge in [-0.3, -0.25) is 4.79 Å². The summed E-state index contributed by atoms with van der Waals surface area (Å²) >= 11 is 0. The van der Waals surface area contributed by atoms with Gasteiger partial charge in [0.05, 0.1) is 25.4 Å². The Balaban J connectivity index is 2.46. The van der Waals surface area contributed by atoms with E-state index in [0.717, 1.165) is 0 Å². The summed E-state index contributed by atoms with van der Waals surface area (Å²) in [5.74, 6) is 0.290. The minimum atomic E-state index is -0.542. The lowest BCUT2D eigenvalue weighted by Gasteiger charge is -2.10. The number of carbonyl (C=O) groups excluding carboxylic acids is 2. The molecule has 0 spiro atoms. The number of nitrogens with zero attached hydrogens (tertiary/aromatic N) is 1. The maximum absolute atomic E-state index is 12.5. The van der Waals surface area contributed by atoms with E-state index >= 15 is 0 Å². The summed E-state index contributed by atoms with van der Waals surface area (Å²) in [7, 11) is 4.44. The standard InChI is InChI=1S/C19H21NO5/c1-6-9-25-15-8-7-13(11-16(15)23-4)10-14-17(19(22)24-5)12(2)20(3)18(14)21/h6-8,10-11H,1,9H2,2-5H3. The molecular formula is C19H21NO5. The van der Waals surface area contributed by atoms with Crippen LogP contribution in [0.2, 0.25) is 0 Å². The normalized spacial score (nSPS) is 15.6. The zero-order valence-electron chi connectivity index (χ0n) is 14.8. The molecule has 0 bridgehead atoms. The molecule has 0 aliphatic carbocycles. The highest BCUT2D eigenvalue weighted by Gasteiger charge is 2.34. The molecule has 0 unspecified atom stereocenters. The SMILES string of the molecule is C=CCOc1ccc(C=C2C(=O)N(C)C(C)=C2C(=O)OC)cc1OC. The molecule has 0 saturated carbocycles. The van der Waals surface area contributed by atoms with Crippen LogP contribution in [-0.2, 0) is 14.3 Å². The van der Waals surface area contributed by atoms with E-state index < -0.39 is 5.97 Å². The van der Waals surface area contributed by atoms with Gasteiger partial charge in [0.25, 0.3) is 5.91 Å². The Kier molecular flexibility index (Phi) is 5.64. The van der Waals surface area contributed by atoms with Gasteiger partial charge in [-0.05, 0) is 30.7 Å². The molecule has 0 saturated heterocycles. The minimum absolute atomic E-state index is 0.260. The van der Waals surface area contributed by atoms with Crippen molar-refractivity contribution in [3.63, 3.8) is 0 Å². The number of carbonyl (C=O) groups is 2. The first-order chi connectivity index (χ1) is 11.9. The molecule has 0 N–H and O–H groups in total. The van der Waals surface area contributed by atoms with Crippen molar-refractivity contribution in [1.82, 2.24) is 4.90 Å². The average molecular weight is 343 g/mol. The number of rotatable bonds is 6. The molecule has 1 aromatic carbocycles. The molecular weight excluding hydrogens is 322 g/mol. The number of ether oxygens (including phenoxy) is 3. The molecule has 6 heteroatoms. The van der Waals surface area contributed by atoms with Crippen LogP contribution in [0.3, 0.4) is 0 Å². The van der Waals surface area contributed by atoms with Crippen molar-refractivity contribution in [2.75, 3.05) is 27.9 Å². The fourth-order valence-electron chi connectivity index (χ4n) is 2.50. The van der Waals surface area contributed by atoms with E-state index in [1.807, 2.05) is 0 Å². The lowest BCUT2D eigenvalue weighted by Crippen LogP contribution is -2.19. The van der Waals surface area contributed by atoms with Gasteiger partial charge in [-0.2, -0.15) is 0 Å². The predicted molar refractivity (Wildman–Crippen MR) is 94.1 cm³/mol. The van der Waals surface area contributed by atoms with Crippen molar-refractivity contribution in [3.8, 4) is 11.5 Å². The van der Waals surface area contributed by atoms with Crippen LogP contribution in [0.4, 0.5) is 0 Å². The molecule has 132 valence electrons. The topological polar surface area (TPSA) is 65.1 Å². The highest BCUT2D eigenvalue weighted by Crippen LogP contribution is 2.33. The van der Waals surface area contributed by atoms with Gasteiger partial charge in [0, 0.05) is 12.7 Å². The Labute approximate surface area is 147 Å². The third kappa shape index (κ3) is 3.57. The monoisotopic (exact) mass is 343 g/mol. The van der Waals surface area contributed by atoms with E-state index in [2.05, 4.69) is 6.58 Å². The van der Waals surface area contributed by atoms with E-state index in [-0.39, 0.29) is 17.1 Å². The molecule has 1 aromatic rings. The first-order valence-electron chi connectivity index (χ1n) is 7.65. The molecule has 0 aromatic heterocycles. The second kappa shape index (κ2) is 7.70. The summed E-state index contributed by atoms with van der Waals surface area (Å²) in [5, 5.41) is 0. The van der Waals surface area contributed by atoms with Gasteiger partial charge < -0.3 is 19.1 Å². The summed E-state index contributed by atoms with van der Waals surface area (Å²) in [6.45, 7) is 5.67. The summed E-state index contributed by atoms with van der Waals surface area (Å²) in [5.41, 5.74) is 1.81. The summed E-state index contributed by atoms with van der Waals surface area (Å²) in [4.78, 5) is 25.9. The Bertz CT molecular complexity index is 776. The van der Waals surface area contributed by atoms with Crippen molar-refractivity contribution in [1.29, 1.82) is 0 Å². The maximum Gasteiger partial charge on any atom is 0.340 e. The third-order valence-corrected chi connectivity index (χ3v) is 3.91. The fraction of sp³-hybridized carbons (Fsp3) is 0.263. The van der Waals surface area contributed by atoms with Crippen LogP contribution in [0.1, 0.15) is 12.5 Å². The molecule has 1 heterocycles. The van der Waals surface area contributed by atoms with E-state index in [0.29, 0.717) is 29.4 Å². The Hall–Kier alpha value is -3.02. The molecule has 0 fully saturated rings. The summed E-state index contributed by atoms with van der Waals surface area (Å²) in [6, 6.07) is 5.26. The number of allylic oxidation sites excluding steroid dienone is 1. The predicted octanol–water partition coefficient (Wildman–Crippen LogP) is 2.56. The van der Waals surface area contributed by atoms with Crippen molar-refractivity contribution in [2.45, 2.75) is 6.92 Å². The van der Waals surface area contributed by atoms with E-state index in [9.17, 15) is 9.59 Å². The van der Waals surface area contributed by atoms with Crippen molar-refractivity contribution >= 4 is 18.0 Å². The molecule has 6 nitrogen and oxygen atoms in total. The van der Waals surface area contributed by atoms with E-state index in [1.54, 1.807) is 44.3 Å². The molecule has 1 aliphatic heterocycles. The highest BCUT2D eigenvalue weighted by atomic mass is 16.5. The summed E-state index contributed by atoms with van der Waals surface area (Å²) in [6.07, 6.45) is 3.28. The zero-order chi connectivity index (χ0) is 18.6. The first-order valence-corrected chi connectivity index (χ1v) is 7.65. The number of amides is 1. The van der Waals surface area contributed by atoms with Gasteiger partial charge in [-0.1, -0.05) is 18.7 Å². The van der Waals surface area contributed by atoms with Gasteiger partial charge in [-0.15, -0.1) is 0 Å². The van der Waals surface area contributed by atoms with Crippen LogP contribution >= 0.6 is 0 Å². The van der Waals surface area contributed by atoms with Crippen LogP contribution < -0.4 is 9.47 Å². The van der Waals surface area contributed by atoms with Crippen LogP contribution in [0.15, 0.2) is 47.7 Å². The highest BCUT2D eigenvalue weighted by molar-refractivity contribution is 6.16. The van der Waals surface area contributed by atoms with Gasteiger partial charge in [0.15, 0.2) is 11.5 Å². The molecule has 0 radical (unpaired) electrons.